The first-order valence-corrected chi connectivity index (χ1v) is 7.36. The number of carbonyl (C=O) groups excluding carboxylic acids is 2. The number of nitrogens with one attached hydrogen (secondary N) is 1. The van der Waals surface area contributed by atoms with Crippen LogP contribution in [-0.4, -0.2) is 29.8 Å². The zero-order chi connectivity index (χ0) is 13.5. The van der Waals surface area contributed by atoms with E-state index in [0.29, 0.717) is 18.9 Å². The predicted molar refractivity (Wildman–Crippen MR) is 72.1 cm³/mol. The fourth-order valence-corrected chi connectivity index (χ4v) is 3.41. The number of amides is 2. The average molecular weight is 262 g/mol. The molecule has 19 heavy (non-hydrogen) atoms. The highest BCUT2D eigenvalue weighted by molar-refractivity contribution is 5.80. The fourth-order valence-electron chi connectivity index (χ4n) is 3.41. The van der Waals surface area contributed by atoms with Crippen molar-refractivity contribution in [3.05, 3.63) is 11.8 Å². The van der Waals surface area contributed by atoms with E-state index in [4.69, 9.17) is 0 Å². The van der Waals surface area contributed by atoms with Crippen LogP contribution >= 0.6 is 0 Å². The van der Waals surface area contributed by atoms with Crippen LogP contribution in [0.5, 0.6) is 0 Å². The second-order valence-corrected chi connectivity index (χ2v) is 6.27. The van der Waals surface area contributed by atoms with Crippen molar-refractivity contribution in [1.82, 2.24) is 10.2 Å². The molecule has 1 aliphatic heterocycles. The third kappa shape index (κ3) is 2.40. The Balaban J connectivity index is 1.78. The molecule has 2 fully saturated rings. The van der Waals surface area contributed by atoms with Crippen molar-refractivity contribution in [2.45, 2.75) is 45.4 Å². The van der Waals surface area contributed by atoms with E-state index in [-0.39, 0.29) is 17.2 Å². The minimum atomic E-state index is 0.0197. The molecule has 1 N–H and O–H groups in total. The van der Waals surface area contributed by atoms with E-state index in [1.165, 1.54) is 18.5 Å². The van der Waals surface area contributed by atoms with Gasteiger partial charge in [0.05, 0.1) is 0 Å². The van der Waals surface area contributed by atoms with E-state index in [1.54, 1.807) is 6.92 Å². The number of piperidine rings is 1. The number of hydrogen-bond acceptors (Lipinski definition) is 2. The second-order valence-electron chi connectivity index (χ2n) is 6.27. The van der Waals surface area contributed by atoms with Crippen molar-refractivity contribution in [2.75, 3.05) is 13.1 Å². The SMILES string of the molecule is CC(=O)NCC12CCC=C1N(CC1CC1)C(=O)CC2. The first kappa shape index (κ1) is 12.7. The van der Waals surface area contributed by atoms with Crippen LogP contribution in [0.15, 0.2) is 11.8 Å². The summed E-state index contributed by atoms with van der Waals surface area (Å²) in [5.41, 5.74) is 1.22. The first-order valence-electron chi connectivity index (χ1n) is 7.36. The maximum atomic E-state index is 12.2. The van der Waals surface area contributed by atoms with Crippen molar-refractivity contribution in [3.8, 4) is 0 Å². The summed E-state index contributed by atoms with van der Waals surface area (Å²) in [5, 5.41) is 2.96. The lowest BCUT2D eigenvalue weighted by atomic mass is 9.76. The van der Waals surface area contributed by atoms with Gasteiger partial charge in [-0.3, -0.25) is 9.59 Å². The van der Waals surface area contributed by atoms with Crippen LogP contribution in [0.3, 0.4) is 0 Å². The molecule has 0 bridgehead atoms. The minimum absolute atomic E-state index is 0.0197. The minimum Gasteiger partial charge on any atom is -0.355 e. The highest BCUT2D eigenvalue weighted by atomic mass is 16.2. The number of carbonyl (C=O) groups is 2. The van der Waals surface area contributed by atoms with Crippen molar-refractivity contribution in [1.29, 1.82) is 0 Å². The first-order chi connectivity index (χ1) is 9.11. The fraction of sp³-hybridized carbons (Fsp3) is 0.733. The number of fused-ring (bicyclic) bond motifs is 1. The summed E-state index contributed by atoms with van der Waals surface area (Å²) in [7, 11) is 0. The third-order valence-corrected chi connectivity index (χ3v) is 4.73. The Morgan fingerprint density at radius 2 is 2.26 bits per heavy atom. The summed E-state index contributed by atoms with van der Waals surface area (Å²) in [6, 6.07) is 0. The Hall–Kier alpha value is -1.32. The van der Waals surface area contributed by atoms with Gasteiger partial charge in [-0.05, 0) is 38.0 Å². The lowest BCUT2D eigenvalue weighted by Crippen LogP contribution is -2.48. The van der Waals surface area contributed by atoms with Gasteiger partial charge in [-0.1, -0.05) is 6.08 Å². The Morgan fingerprint density at radius 3 is 2.95 bits per heavy atom. The molecule has 0 aromatic carbocycles. The molecule has 1 heterocycles. The van der Waals surface area contributed by atoms with Gasteiger partial charge < -0.3 is 10.2 Å². The van der Waals surface area contributed by atoms with E-state index in [0.717, 1.165) is 25.8 Å². The molecule has 1 atom stereocenters. The topological polar surface area (TPSA) is 49.4 Å². The van der Waals surface area contributed by atoms with Gasteiger partial charge in [0.2, 0.25) is 11.8 Å². The zero-order valence-electron chi connectivity index (χ0n) is 11.6. The Bertz CT molecular complexity index is 439. The molecular weight excluding hydrogens is 240 g/mol. The summed E-state index contributed by atoms with van der Waals surface area (Å²) in [6.07, 6.45) is 8.36. The molecule has 0 aromatic rings. The molecule has 1 saturated carbocycles. The summed E-state index contributed by atoms with van der Waals surface area (Å²) in [5.74, 6) is 1.01. The molecule has 0 aromatic heterocycles. The second kappa shape index (κ2) is 4.66. The molecule has 0 spiro atoms. The van der Waals surface area contributed by atoms with Gasteiger partial charge in [-0.15, -0.1) is 0 Å². The van der Waals surface area contributed by atoms with Crippen LogP contribution in [0.1, 0.15) is 45.4 Å². The maximum Gasteiger partial charge on any atom is 0.226 e. The van der Waals surface area contributed by atoms with Crippen LogP contribution in [0, 0.1) is 11.3 Å². The van der Waals surface area contributed by atoms with E-state index in [2.05, 4.69) is 11.4 Å². The van der Waals surface area contributed by atoms with Crippen molar-refractivity contribution in [2.24, 2.45) is 11.3 Å². The van der Waals surface area contributed by atoms with Gasteiger partial charge in [-0.25, -0.2) is 0 Å². The molecule has 2 aliphatic carbocycles. The normalized spacial score (nSPS) is 30.1. The van der Waals surface area contributed by atoms with Gasteiger partial charge in [0.25, 0.3) is 0 Å². The monoisotopic (exact) mass is 262 g/mol. The lowest BCUT2D eigenvalue weighted by molar-refractivity contribution is -0.133. The highest BCUT2D eigenvalue weighted by Crippen LogP contribution is 2.48. The molecule has 1 saturated heterocycles. The molecule has 3 aliphatic rings. The van der Waals surface area contributed by atoms with Crippen LogP contribution in [-0.2, 0) is 9.59 Å². The van der Waals surface area contributed by atoms with Gasteiger partial charge in [0.15, 0.2) is 0 Å². The maximum absolute atomic E-state index is 12.2. The quantitative estimate of drug-likeness (QED) is 0.840. The highest BCUT2D eigenvalue weighted by Gasteiger charge is 2.46. The van der Waals surface area contributed by atoms with Gasteiger partial charge >= 0.3 is 0 Å². The molecule has 4 heteroatoms. The summed E-state index contributed by atoms with van der Waals surface area (Å²) < 4.78 is 0. The van der Waals surface area contributed by atoms with Crippen molar-refractivity contribution >= 4 is 11.8 Å². The summed E-state index contributed by atoms with van der Waals surface area (Å²) >= 11 is 0. The number of hydrogen-bond donors (Lipinski definition) is 1. The summed E-state index contributed by atoms with van der Waals surface area (Å²) in [4.78, 5) is 25.4. The van der Waals surface area contributed by atoms with Crippen LogP contribution in [0.2, 0.25) is 0 Å². The molecule has 0 radical (unpaired) electrons. The molecule has 2 amide bonds. The summed E-state index contributed by atoms with van der Waals surface area (Å²) in [6.45, 7) is 3.14. The van der Waals surface area contributed by atoms with Gasteiger partial charge in [0, 0.05) is 37.5 Å². The smallest absolute Gasteiger partial charge is 0.226 e. The molecule has 3 rings (SSSR count). The van der Waals surface area contributed by atoms with Crippen LogP contribution in [0.25, 0.3) is 0 Å². The molecular formula is C15H22N2O2. The molecule has 104 valence electrons. The molecule has 4 nitrogen and oxygen atoms in total. The standard InChI is InChI=1S/C15H22N2O2/c1-11(18)16-10-15-7-2-3-13(15)17(9-12-4-5-12)14(19)6-8-15/h3,12H,2,4-10H2,1H3,(H,16,18). The zero-order valence-corrected chi connectivity index (χ0v) is 11.6. The van der Waals surface area contributed by atoms with E-state index in [1.807, 2.05) is 4.90 Å². The average Bonchev–Trinajstić information content (AvgIpc) is 3.09. The van der Waals surface area contributed by atoms with Gasteiger partial charge in [-0.2, -0.15) is 0 Å². The van der Waals surface area contributed by atoms with E-state index in [9.17, 15) is 9.59 Å². The predicted octanol–water partition coefficient (Wildman–Crippen LogP) is 1.82. The number of likely N-dealkylation sites (tertiary alicyclic amines) is 1. The Kier molecular flexibility index (Phi) is 3.11. The van der Waals surface area contributed by atoms with Crippen molar-refractivity contribution in [3.63, 3.8) is 0 Å². The van der Waals surface area contributed by atoms with Crippen LogP contribution < -0.4 is 5.32 Å². The van der Waals surface area contributed by atoms with Gasteiger partial charge in [0.1, 0.15) is 0 Å². The van der Waals surface area contributed by atoms with Crippen LogP contribution in [0.4, 0.5) is 0 Å². The number of allylic oxidation sites excluding steroid dienone is 1. The Morgan fingerprint density at radius 1 is 1.47 bits per heavy atom. The number of nitrogens with zero attached hydrogens (tertiary/aromatic N) is 1. The largest absolute Gasteiger partial charge is 0.355 e. The van der Waals surface area contributed by atoms with E-state index >= 15 is 0 Å². The Labute approximate surface area is 114 Å². The van der Waals surface area contributed by atoms with E-state index < -0.39 is 0 Å². The third-order valence-electron chi connectivity index (χ3n) is 4.73. The number of rotatable bonds is 4. The lowest BCUT2D eigenvalue weighted by Gasteiger charge is -2.42. The van der Waals surface area contributed by atoms with Crippen molar-refractivity contribution < 1.29 is 9.59 Å². The molecule has 1 unspecified atom stereocenters.